The van der Waals surface area contributed by atoms with Crippen LogP contribution in [-0.2, 0) is 0 Å². The van der Waals surface area contributed by atoms with Gasteiger partial charge in [0.1, 0.15) is 6.07 Å². The number of pyridine rings is 2. The van der Waals surface area contributed by atoms with E-state index in [-0.39, 0.29) is 29.2 Å². The van der Waals surface area contributed by atoms with E-state index in [9.17, 15) is 18.0 Å². The number of alkyl halides is 3. The summed E-state index contributed by atoms with van der Waals surface area (Å²) in [5.74, 6) is -0.187. The van der Waals surface area contributed by atoms with Crippen LogP contribution in [0.1, 0.15) is 33.8 Å². The Hall–Kier alpha value is -3.55. The number of carbonyl (C=O) groups excluding carboxylic acids is 1. The van der Waals surface area contributed by atoms with Crippen LogP contribution in [0.5, 0.6) is 11.8 Å². The van der Waals surface area contributed by atoms with E-state index in [1.54, 1.807) is 29.2 Å². The van der Waals surface area contributed by atoms with Crippen molar-refractivity contribution >= 4 is 29.1 Å². The fraction of sp³-hybridized carbons (Fsp3) is 0.308. The Morgan fingerprint density at radius 3 is 2.39 bits per heavy atom. The van der Waals surface area contributed by atoms with E-state index in [0.29, 0.717) is 47.6 Å². The average Bonchev–Trinajstić information content (AvgIpc) is 3.33. The SMILES string of the molecule is N#Cc1ccc(OCCC2CN(C(=O)c3ccc(OCC(F)(F)F)nc3)CC2c2ccc(Cl)c(Cl)c2)nc1. The van der Waals surface area contributed by atoms with Gasteiger partial charge in [0.25, 0.3) is 5.91 Å². The van der Waals surface area contributed by atoms with E-state index in [0.717, 1.165) is 5.56 Å². The van der Waals surface area contributed by atoms with E-state index in [1.807, 2.05) is 12.1 Å². The Bertz CT molecular complexity index is 1320. The van der Waals surface area contributed by atoms with Gasteiger partial charge in [-0.25, -0.2) is 9.97 Å². The third-order valence-electron chi connectivity index (χ3n) is 6.07. The molecule has 0 bridgehead atoms. The number of benzene rings is 1. The summed E-state index contributed by atoms with van der Waals surface area (Å²) in [6, 6.07) is 13.2. The van der Waals surface area contributed by atoms with Gasteiger partial charge in [0.15, 0.2) is 6.61 Å². The van der Waals surface area contributed by atoms with Gasteiger partial charge < -0.3 is 14.4 Å². The smallest absolute Gasteiger partial charge is 0.422 e. The molecule has 1 aliphatic rings. The zero-order chi connectivity index (χ0) is 27.3. The summed E-state index contributed by atoms with van der Waals surface area (Å²) in [6.45, 7) is -0.328. The minimum absolute atomic E-state index is 0.0110. The molecule has 0 N–H and O–H groups in total. The molecule has 1 amide bonds. The summed E-state index contributed by atoms with van der Waals surface area (Å²) >= 11 is 12.3. The summed E-state index contributed by atoms with van der Waals surface area (Å²) < 4.78 is 47.5. The van der Waals surface area contributed by atoms with Gasteiger partial charge in [0.05, 0.1) is 27.8 Å². The highest BCUT2D eigenvalue weighted by molar-refractivity contribution is 6.42. The van der Waals surface area contributed by atoms with Crippen molar-refractivity contribution in [2.45, 2.75) is 18.5 Å². The Morgan fingerprint density at radius 1 is 1.03 bits per heavy atom. The van der Waals surface area contributed by atoms with Crippen LogP contribution in [0.4, 0.5) is 13.2 Å². The zero-order valence-electron chi connectivity index (χ0n) is 19.8. The molecule has 0 aliphatic carbocycles. The Morgan fingerprint density at radius 2 is 1.76 bits per heavy atom. The number of carbonyl (C=O) groups is 1. The summed E-state index contributed by atoms with van der Waals surface area (Å²) in [5.41, 5.74) is 1.58. The maximum atomic E-state index is 13.2. The first-order valence-corrected chi connectivity index (χ1v) is 12.3. The number of aromatic nitrogens is 2. The van der Waals surface area contributed by atoms with Crippen molar-refractivity contribution in [3.8, 4) is 17.8 Å². The monoisotopic (exact) mass is 564 g/mol. The highest BCUT2D eigenvalue weighted by Gasteiger charge is 2.37. The molecule has 4 rings (SSSR count). The van der Waals surface area contributed by atoms with Crippen LogP contribution in [0.3, 0.4) is 0 Å². The Labute approximate surface area is 226 Å². The third-order valence-corrected chi connectivity index (χ3v) is 6.81. The number of halogens is 5. The van der Waals surface area contributed by atoms with Crippen LogP contribution < -0.4 is 9.47 Å². The van der Waals surface area contributed by atoms with E-state index in [4.69, 9.17) is 33.2 Å². The number of hydrogen-bond acceptors (Lipinski definition) is 6. The normalized spacial score (nSPS) is 17.2. The fourth-order valence-corrected chi connectivity index (χ4v) is 4.53. The third kappa shape index (κ3) is 7.05. The van der Waals surface area contributed by atoms with Crippen LogP contribution in [0, 0.1) is 17.2 Å². The first-order chi connectivity index (χ1) is 18.1. The van der Waals surface area contributed by atoms with E-state index in [2.05, 4.69) is 14.7 Å². The molecule has 1 fully saturated rings. The van der Waals surface area contributed by atoms with Crippen LogP contribution in [0.15, 0.2) is 54.9 Å². The van der Waals surface area contributed by atoms with Crippen LogP contribution in [0.25, 0.3) is 0 Å². The highest BCUT2D eigenvalue weighted by Crippen LogP contribution is 2.38. The van der Waals surface area contributed by atoms with Crippen LogP contribution in [-0.4, -0.2) is 53.3 Å². The minimum atomic E-state index is -4.49. The second-order valence-electron chi connectivity index (χ2n) is 8.67. The molecule has 198 valence electrons. The van der Waals surface area contributed by atoms with Gasteiger partial charge in [-0.15, -0.1) is 0 Å². The lowest BCUT2D eigenvalue weighted by Gasteiger charge is -2.19. The molecule has 7 nitrogen and oxygen atoms in total. The maximum Gasteiger partial charge on any atom is 0.422 e. The summed E-state index contributed by atoms with van der Waals surface area (Å²) in [5, 5.41) is 9.74. The Balaban J connectivity index is 1.45. The van der Waals surface area contributed by atoms with Gasteiger partial charge in [-0.3, -0.25) is 4.79 Å². The number of nitriles is 1. The van der Waals surface area contributed by atoms with E-state index < -0.39 is 12.8 Å². The van der Waals surface area contributed by atoms with E-state index in [1.165, 1.54) is 24.5 Å². The van der Waals surface area contributed by atoms with E-state index >= 15 is 0 Å². The van der Waals surface area contributed by atoms with Crippen molar-refractivity contribution in [2.24, 2.45) is 5.92 Å². The molecule has 0 spiro atoms. The summed E-state index contributed by atoms with van der Waals surface area (Å²) in [6.07, 6.45) is -1.26. The van der Waals surface area contributed by atoms with Crippen molar-refractivity contribution in [2.75, 3.05) is 26.3 Å². The fourth-order valence-electron chi connectivity index (χ4n) is 4.23. The van der Waals surface area contributed by atoms with Gasteiger partial charge in [-0.1, -0.05) is 29.3 Å². The van der Waals surface area contributed by atoms with Gasteiger partial charge in [0, 0.05) is 43.5 Å². The zero-order valence-corrected chi connectivity index (χ0v) is 21.3. The lowest BCUT2D eigenvalue weighted by molar-refractivity contribution is -0.154. The number of likely N-dealkylation sites (tertiary alicyclic amines) is 1. The number of ether oxygens (including phenoxy) is 2. The number of amides is 1. The number of hydrogen-bond donors (Lipinski definition) is 0. The molecule has 2 atom stereocenters. The quantitative estimate of drug-likeness (QED) is 0.337. The highest BCUT2D eigenvalue weighted by atomic mass is 35.5. The number of nitrogens with zero attached hydrogens (tertiary/aromatic N) is 4. The molecule has 1 aromatic carbocycles. The lowest BCUT2D eigenvalue weighted by Crippen LogP contribution is -2.29. The van der Waals surface area contributed by atoms with Gasteiger partial charge in [0.2, 0.25) is 11.8 Å². The molecule has 1 aliphatic heterocycles. The van der Waals surface area contributed by atoms with Crippen molar-refractivity contribution < 1.29 is 27.4 Å². The Kier molecular flexibility index (Phi) is 8.59. The van der Waals surface area contributed by atoms with Crippen molar-refractivity contribution in [3.05, 3.63) is 81.6 Å². The van der Waals surface area contributed by atoms with Crippen LogP contribution in [0.2, 0.25) is 10.0 Å². The molecular weight excluding hydrogens is 544 g/mol. The van der Waals surface area contributed by atoms with Crippen LogP contribution >= 0.6 is 23.2 Å². The largest absolute Gasteiger partial charge is 0.478 e. The molecule has 1 saturated heterocycles. The van der Waals surface area contributed by atoms with Gasteiger partial charge in [-0.2, -0.15) is 18.4 Å². The maximum absolute atomic E-state index is 13.2. The summed E-state index contributed by atoms with van der Waals surface area (Å²) in [4.78, 5) is 22.8. The van der Waals surface area contributed by atoms with Crippen molar-refractivity contribution in [1.29, 1.82) is 5.26 Å². The molecule has 2 aromatic heterocycles. The second-order valence-corrected chi connectivity index (χ2v) is 9.49. The number of rotatable bonds is 8. The predicted molar refractivity (Wildman–Crippen MR) is 133 cm³/mol. The molecular formula is C26H21Cl2F3N4O3. The molecule has 12 heteroatoms. The predicted octanol–water partition coefficient (Wildman–Crippen LogP) is 5.92. The van der Waals surface area contributed by atoms with Crippen molar-refractivity contribution in [3.63, 3.8) is 0 Å². The van der Waals surface area contributed by atoms with Gasteiger partial charge >= 0.3 is 6.18 Å². The lowest BCUT2D eigenvalue weighted by atomic mass is 9.87. The molecule has 0 radical (unpaired) electrons. The van der Waals surface area contributed by atoms with Crippen molar-refractivity contribution in [1.82, 2.24) is 14.9 Å². The molecule has 3 heterocycles. The first kappa shape index (κ1) is 27.5. The molecule has 2 unspecified atom stereocenters. The average molecular weight is 565 g/mol. The standard InChI is InChI=1S/C26H21Cl2F3N4O3/c27-21-4-2-17(9-22(21)28)20-14-35(13-19(20)7-8-37-23-5-1-16(10-32)11-33-23)25(36)18-3-6-24(34-12-18)38-15-26(29,30)31/h1-6,9,11-12,19-20H,7-8,13-15H2. The second kappa shape index (κ2) is 11.9. The minimum Gasteiger partial charge on any atom is -0.478 e. The molecule has 0 saturated carbocycles. The summed E-state index contributed by atoms with van der Waals surface area (Å²) in [7, 11) is 0. The topological polar surface area (TPSA) is 88.3 Å². The molecule has 3 aromatic rings. The first-order valence-electron chi connectivity index (χ1n) is 11.5. The van der Waals surface area contributed by atoms with Gasteiger partial charge in [-0.05, 0) is 42.2 Å². The molecule has 38 heavy (non-hydrogen) atoms.